The molecule has 0 radical (unpaired) electrons. The number of allylic oxidation sites excluding steroid dienone is 2. The summed E-state index contributed by atoms with van der Waals surface area (Å²) in [5, 5.41) is 1.66. The number of hydrogen-bond donors (Lipinski definition) is 2. The van der Waals surface area contributed by atoms with Crippen LogP contribution in [0.2, 0.25) is 0 Å². The van der Waals surface area contributed by atoms with Gasteiger partial charge >= 0.3 is 0 Å². The molecule has 1 unspecified atom stereocenters. The lowest BCUT2D eigenvalue weighted by Crippen LogP contribution is -2.33. The predicted octanol–water partition coefficient (Wildman–Crippen LogP) is 3.51. The molecule has 0 saturated carbocycles. The molecule has 0 heterocycles. The van der Waals surface area contributed by atoms with Gasteiger partial charge in [-0.2, -0.15) is 0 Å². The number of benzene rings is 1. The van der Waals surface area contributed by atoms with Crippen LogP contribution in [-0.2, 0) is 11.2 Å². The maximum Gasteiger partial charge on any atom is 0.0868 e. The Hall–Kier alpha value is -2.04. The fourth-order valence-electron chi connectivity index (χ4n) is 3.72. The van der Waals surface area contributed by atoms with Gasteiger partial charge in [-0.15, -0.1) is 0 Å². The summed E-state index contributed by atoms with van der Waals surface area (Å²) < 4.78 is 6.32. The number of hydrazine groups is 1. The number of hydrogen-bond acceptors (Lipinski definition) is 4. The Kier molecular flexibility index (Phi) is 5.61. The number of likely N-dealkylation sites (N-methyl/N-ethyl adjacent to an activating group) is 1. The summed E-state index contributed by atoms with van der Waals surface area (Å²) in [7, 11) is 1.86. The molecule has 0 bridgehead atoms. The van der Waals surface area contributed by atoms with E-state index in [9.17, 15) is 0 Å². The molecule has 0 aromatic heterocycles. The zero-order valence-corrected chi connectivity index (χ0v) is 15.3. The summed E-state index contributed by atoms with van der Waals surface area (Å²) in [6.45, 7) is 2.97. The average Bonchev–Trinajstić information content (AvgIpc) is 2.60. The van der Waals surface area contributed by atoms with E-state index in [0.29, 0.717) is 0 Å². The number of nitrogens with zero attached hydrogens (tertiary/aromatic N) is 1. The van der Waals surface area contributed by atoms with Crippen LogP contribution in [0.3, 0.4) is 0 Å². The molecule has 0 saturated heterocycles. The van der Waals surface area contributed by atoms with Crippen molar-refractivity contribution in [2.75, 3.05) is 13.7 Å². The summed E-state index contributed by atoms with van der Waals surface area (Å²) in [5.41, 5.74) is 13.0. The van der Waals surface area contributed by atoms with Gasteiger partial charge in [0.1, 0.15) is 0 Å². The molecule has 3 rings (SSSR count). The van der Waals surface area contributed by atoms with Crippen molar-refractivity contribution >= 4 is 5.70 Å². The SMILES string of the molecule is CCCCOC1Cc2ccccc2C(N)=C(N(C)N)C2=C1C=CCC2. The fourth-order valence-corrected chi connectivity index (χ4v) is 3.72. The lowest BCUT2D eigenvalue weighted by molar-refractivity contribution is 0.0765. The van der Waals surface area contributed by atoms with Crippen molar-refractivity contribution in [3.8, 4) is 0 Å². The van der Waals surface area contributed by atoms with Gasteiger partial charge in [0.25, 0.3) is 0 Å². The third-order valence-corrected chi connectivity index (χ3v) is 4.98. The maximum absolute atomic E-state index is 6.59. The molecule has 2 aliphatic rings. The fraction of sp³-hybridized carbons (Fsp3) is 0.429. The van der Waals surface area contributed by atoms with Gasteiger partial charge < -0.3 is 15.5 Å². The highest BCUT2D eigenvalue weighted by atomic mass is 16.5. The molecule has 134 valence electrons. The molecule has 1 aromatic rings. The smallest absolute Gasteiger partial charge is 0.0868 e. The van der Waals surface area contributed by atoms with Crippen molar-refractivity contribution in [3.63, 3.8) is 0 Å². The van der Waals surface area contributed by atoms with Crippen LogP contribution >= 0.6 is 0 Å². The van der Waals surface area contributed by atoms with Crippen LogP contribution in [0.25, 0.3) is 5.70 Å². The quantitative estimate of drug-likeness (QED) is 0.489. The largest absolute Gasteiger partial charge is 0.397 e. The van der Waals surface area contributed by atoms with Gasteiger partial charge in [0.05, 0.1) is 17.5 Å². The zero-order chi connectivity index (χ0) is 17.8. The highest BCUT2D eigenvalue weighted by Crippen LogP contribution is 2.36. The molecule has 2 aliphatic carbocycles. The molecule has 4 N–H and O–H groups in total. The minimum Gasteiger partial charge on any atom is -0.397 e. The van der Waals surface area contributed by atoms with Crippen molar-refractivity contribution in [2.45, 2.75) is 45.1 Å². The van der Waals surface area contributed by atoms with Crippen LogP contribution in [0.15, 0.2) is 53.3 Å². The normalized spacial score (nSPS) is 20.0. The Morgan fingerprint density at radius 3 is 2.84 bits per heavy atom. The minimum absolute atomic E-state index is 0.0438. The van der Waals surface area contributed by atoms with Crippen LogP contribution < -0.4 is 11.6 Å². The van der Waals surface area contributed by atoms with E-state index >= 15 is 0 Å². The van der Waals surface area contributed by atoms with Crippen LogP contribution in [0.4, 0.5) is 0 Å². The molecular formula is C21H29N3O. The topological polar surface area (TPSA) is 64.5 Å². The average molecular weight is 339 g/mol. The van der Waals surface area contributed by atoms with Gasteiger partial charge in [0, 0.05) is 25.6 Å². The molecule has 0 amide bonds. The first-order valence-electron chi connectivity index (χ1n) is 9.21. The summed E-state index contributed by atoms with van der Waals surface area (Å²) in [6.07, 6.45) is 9.48. The van der Waals surface area contributed by atoms with Crippen molar-refractivity contribution in [3.05, 3.63) is 64.4 Å². The standard InChI is InChI=1S/C21H29N3O/c1-3-4-13-25-19-14-15-9-5-6-10-16(15)20(22)21(24(2)23)18-12-8-7-11-17(18)19/h5-7,9-11,19H,3-4,8,12-14,22-23H2,1-2H3. The Morgan fingerprint density at radius 2 is 2.08 bits per heavy atom. The van der Waals surface area contributed by atoms with Gasteiger partial charge in [-0.1, -0.05) is 49.8 Å². The Bertz CT molecular complexity index is 716. The lowest BCUT2D eigenvalue weighted by atomic mass is 9.84. The molecule has 0 aliphatic heterocycles. The number of nitrogens with two attached hydrogens (primary N) is 2. The van der Waals surface area contributed by atoms with Crippen molar-refractivity contribution in [1.82, 2.24) is 5.01 Å². The summed E-state index contributed by atoms with van der Waals surface area (Å²) in [5.74, 6) is 6.21. The van der Waals surface area contributed by atoms with Gasteiger partial charge in [0.2, 0.25) is 0 Å². The predicted molar refractivity (Wildman–Crippen MR) is 103 cm³/mol. The number of rotatable bonds is 5. The molecule has 1 aromatic carbocycles. The van der Waals surface area contributed by atoms with E-state index in [0.717, 1.165) is 55.7 Å². The highest BCUT2D eigenvalue weighted by molar-refractivity contribution is 5.73. The molecule has 0 fully saturated rings. The molecule has 4 nitrogen and oxygen atoms in total. The van der Waals surface area contributed by atoms with Gasteiger partial charge in [-0.05, 0) is 36.0 Å². The number of ether oxygens (including phenoxy) is 1. The van der Waals surface area contributed by atoms with E-state index in [1.165, 1.54) is 16.7 Å². The second kappa shape index (κ2) is 7.89. The highest BCUT2D eigenvalue weighted by Gasteiger charge is 2.28. The summed E-state index contributed by atoms with van der Waals surface area (Å²) in [6, 6.07) is 8.32. The maximum atomic E-state index is 6.59. The molecular weight excluding hydrogens is 310 g/mol. The van der Waals surface area contributed by atoms with Gasteiger partial charge in [0.15, 0.2) is 0 Å². The first kappa shape index (κ1) is 17.8. The Labute approximate surface area is 150 Å². The van der Waals surface area contributed by atoms with E-state index in [2.05, 4.69) is 37.3 Å². The number of fused-ring (bicyclic) bond motifs is 1. The first-order valence-corrected chi connectivity index (χ1v) is 9.21. The van der Waals surface area contributed by atoms with Crippen LogP contribution in [-0.4, -0.2) is 24.8 Å². The van der Waals surface area contributed by atoms with E-state index in [1.807, 2.05) is 13.1 Å². The third kappa shape index (κ3) is 3.65. The van der Waals surface area contributed by atoms with Crippen LogP contribution in [0, 0.1) is 0 Å². The monoisotopic (exact) mass is 339 g/mol. The van der Waals surface area contributed by atoms with E-state index in [4.69, 9.17) is 16.3 Å². The van der Waals surface area contributed by atoms with E-state index in [1.54, 1.807) is 5.01 Å². The number of unbranched alkanes of at least 4 members (excludes halogenated alkanes) is 1. The summed E-state index contributed by atoms with van der Waals surface area (Å²) >= 11 is 0. The minimum atomic E-state index is 0.0438. The van der Waals surface area contributed by atoms with Crippen molar-refractivity contribution < 1.29 is 4.74 Å². The molecule has 4 heteroatoms. The Balaban J connectivity index is 2.15. The van der Waals surface area contributed by atoms with Crippen LogP contribution in [0.5, 0.6) is 0 Å². The van der Waals surface area contributed by atoms with E-state index < -0.39 is 0 Å². The molecule has 25 heavy (non-hydrogen) atoms. The Morgan fingerprint density at radius 1 is 1.28 bits per heavy atom. The summed E-state index contributed by atoms with van der Waals surface area (Å²) in [4.78, 5) is 0. The van der Waals surface area contributed by atoms with Crippen molar-refractivity contribution in [2.24, 2.45) is 11.6 Å². The second-order valence-electron chi connectivity index (χ2n) is 6.82. The van der Waals surface area contributed by atoms with Gasteiger partial charge in [-0.3, -0.25) is 0 Å². The van der Waals surface area contributed by atoms with Crippen LogP contribution in [0.1, 0.15) is 43.7 Å². The van der Waals surface area contributed by atoms with E-state index in [-0.39, 0.29) is 6.10 Å². The third-order valence-electron chi connectivity index (χ3n) is 4.98. The van der Waals surface area contributed by atoms with Gasteiger partial charge in [-0.25, -0.2) is 5.84 Å². The zero-order valence-electron chi connectivity index (χ0n) is 15.3. The molecule has 1 atom stereocenters. The lowest BCUT2D eigenvalue weighted by Gasteiger charge is -2.32. The second-order valence-corrected chi connectivity index (χ2v) is 6.82. The van der Waals surface area contributed by atoms with Crippen molar-refractivity contribution in [1.29, 1.82) is 0 Å². The first-order chi connectivity index (χ1) is 12.1. The molecule has 0 spiro atoms.